The number of carbonyl (C=O) groups excluding carboxylic acids is 7. The molecule has 14 nitrogen and oxygen atoms in total. The van der Waals surface area contributed by atoms with Crippen LogP contribution in [0.4, 0.5) is 0 Å². The standard InChI is InChI=1S/C23H29N3O11/c27-15(3-1-2-4-20(32)33)24-11-9-23(10-12-24,13-21(34)36-25-16(28)5-6-17(25)29)14-22(35)37-26-18(30)7-8-19(26)31/h1-14H2,(H,32,33). The summed E-state index contributed by atoms with van der Waals surface area (Å²) in [7, 11) is 0. The molecule has 3 aliphatic heterocycles. The largest absolute Gasteiger partial charge is 0.481 e. The molecular formula is C23H29N3O11. The topological polar surface area (TPSA) is 185 Å². The van der Waals surface area contributed by atoms with Crippen molar-refractivity contribution in [2.45, 2.75) is 77.0 Å². The summed E-state index contributed by atoms with van der Waals surface area (Å²) in [5.74, 6) is -5.57. The van der Waals surface area contributed by atoms with E-state index in [9.17, 15) is 38.4 Å². The number of rotatable bonds is 11. The summed E-state index contributed by atoms with van der Waals surface area (Å²) in [6.07, 6.45) is 0.159. The predicted octanol–water partition coefficient (Wildman–Crippen LogP) is 0.235. The number of carbonyl (C=O) groups is 8. The third-order valence-electron chi connectivity index (χ3n) is 6.64. The van der Waals surface area contributed by atoms with E-state index in [1.807, 2.05) is 0 Å². The van der Waals surface area contributed by atoms with Gasteiger partial charge in [-0.15, -0.1) is 10.1 Å². The van der Waals surface area contributed by atoms with Crippen molar-refractivity contribution >= 4 is 47.4 Å². The highest BCUT2D eigenvalue weighted by Gasteiger charge is 2.43. The zero-order chi connectivity index (χ0) is 27.2. The van der Waals surface area contributed by atoms with Crippen molar-refractivity contribution in [2.75, 3.05) is 13.1 Å². The van der Waals surface area contributed by atoms with Crippen LogP contribution in [-0.2, 0) is 48.0 Å². The molecule has 0 saturated carbocycles. The third kappa shape index (κ3) is 7.33. The fraction of sp³-hybridized carbons (Fsp3) is 0.652. The van der Waals surface area contributed by atoms with Gasteiger partial charge in [-0.1, -0.05) is 0 Å². The van der Waals surface area contributed by atoms with Gasteiger partial charge in [-0.2, -0.15) is 0 Å². The lowest BCUT2D eigenvalue weighted by Crippen LogP contribution is -2.46. The van der Waals surface area contributed by atoms with Gasteiger partial charge in [0.05, 0.1) is 12.8 Å². The minimum atomic E-state index is -1.08. The molecule has 0 unspecified atom stereocenters. The Labute approximate surface area is 211 Å². The predicted molar refractivity (Wildman–Crippen MR) is 118 cm³/mol. The zero-order valence-electron chi connectivity index (χ0n) is 20.3. The lowest BCUT2D eigenvalue weighted by molar-refractivity contribution is -0.203. The van der Waals surface area contributed by atoms with Gasteiger partial charge >= 0.3 is 17.9 Å². The number of hydroxylamine groups is 4. The van der Waals surface area contributed by atoms with Gasteiger partial charge in [-0.25, -0.2) is 9.59 Å². The first-order chi connectivity index (χ1) is 17.5. The molecule has 37 heavy (non-hydrogen) atoms. The van der Waals surface area contributed by atoms with E-state index in [2.05, 4.69) is 0 Å². The molecule has 3 fully saturated rings. The molecule has 14 heteroatoms. The maximum atomic E-state index is 12.7. The second kappa shape index (κ2) is 11.9. The lowest BCUT2D eigenvalue weighted by Gasteiger charge is -2.41. The number of aliphatic carboxylic acids is 1. The average molecular weight is 523 g/mol. The van der Waals surface area contributed by atoms with Crippen LogP contribution in [-0.4, -0.2) is 80.7 Å². The number of carboxylic acids is 1. The first-order valence-corrected chi connectivity index (χ1v) is 12.1. The van der Waals surface area contributed by atoms with Crippen LogP contribution in [0.2, 0.25) is 0 Å². The number of carboxylic acid groups (broad SMARTS) is 1. The number of amides is 5. The highest BCUT2D eigenvalue weighted by atomic mass is 16.7. The zero-order valence-corrected chi connectivity index (χ0v) is 20.3. The number of piperidine rings is 1. The monoisotopic (exact) mass is 523 g/mol. The van der Waals surface area contributed by atoms with Gasteiger partial charge in [0.15, 0.2) is 0 Å². The van der Waals surface area contributed by atoms with Crippen LogP contribution >= 0.6 is 0 Å². The Balaban J connectivity index is 1.63. The minimum absolute atomic E-state index is 0.0370. The Kier molecular flexibility index (Phi) is 8.95. The molecule has 1 N–H and O–H groups in total. The molecule has 0 aromatic heterocycles. The molecule has 3 rings (SSSR count). The first-order valence-electron chi connectivity index (χ1n) is 12.1. The molecule has 0 atom stereocenters. The number of imide groups is 2. The summed E-state index contributed by atoms with van der Waals surface area (Å²) >= 11 is 0. The number of unbranched alkanes of at least 4 members (excludes halogenated alkanes) is 1. The highest BCUT2D eigenvalue weighted by molar-refractivity contribution is 6.02. The smallest absolute Gasteiger partial charge is 0.333 e. The summed E-state index contributed by atoms with van der Waals surface area (Å²) in [4.78, 5) is 107. The summed E-state index contributed by atoms with van der Waals surface area (Å²) in [5, 5.41) is 9.53. The van der Waals surface area contributed by atoms with Crippen LogP contribution in [0.5, 0.6) is 0 Å². The van der Waals surface area contributed by atoms with E-state index in [4.69, 9.17) is 14.8 Å². The number of likely N-dealkylation sites (tertiary alicyclic amines) is 1. The van der Waals surface area contributed by atoms with Crippen LogP contribution in [0.15, 0.2) is 0 Å². The van der Waals surface area contributed by atoms with E-state index in [0.29, 0.717) is 23.0 Å². The van der Waals surface area contributed by atoms with Gasteiger partial charge in [0.2, 0.25) is 5.91 Å². The van der Waals surface area contributed by atoms with Crippen LogP contribution < -0.4 is 0 Å². The van der Waals surface area contributed by atoms with E-state index in [-0.39, 0.29) is 83.2 Å². The molecule has 5 amide bonds. The molecule has 0 bridgehead atoms. The normalized spacial score (nSPS) is 19.4. The van der Waals surface area contributed by atoms with Crippen LogP contribution in [0.1, 0.15) is 77.0 Å². The maximum Gasteiger partial charge on any atom is 0.333 e. The van der Waals surface area contributed by atoms with Crippen molar-refractivity contribution in [2.24, 2.45) is 5.41 Å². The molecule has 0 aliphatic carbocycles. The van der Waals surface area contributed by atoms with Gasteiger partial charge in [0, 0.05) is 51.6 Å². The molecule has 202 valence electrons. The van der Waals surface area contributed by atoms with E-state index in [0.717, 1.165) is 0 Å². The van der Waals surface area contributed by atoms with Gasteiger partial charge in [-0.05, 0) is 31.1 Å². The van der Waals surface area contributed by atoms with Gasteiger partial charge in [0.25, 0.3) is 23.6 Å². The number of hydrogen-bond acceptors (Lipinski definition) is 10. The second-order valence-electron chi connectivity index (χ2n) is 9.43. The average Bonchev–Trinajstić information content (AvgIpc) is 3.32. The van der Waals surface area contributed by atoms with Gasteiger partial charge < -0.3 is 19.7 Å². The number of hydrogen-bond donors (Lipinski definition) is 1. The maximum absolute atomic E-state index is 12.7. The summed E-state index contributed by atoms with van der Waals surface area (Å²) in [5.41, 5.74) is -1.08. The van der Waals surface area contributed by atoms with Gasteiger partial charge in [-0.3, -0.25) is 28.8 Å². The minimum Gasteiger partial charge on any atom is -0.481 e. The van der Waals surface area contributed by atoms with Gasteiger partial charge in [0.1, 0.15) is 0 Å². The van der Waals surface area contributed by atoms with Crippen molar-refractivity contribution in [3.8, 4) is 0 Å². The van der Waals surface area contributed by atoms with Crippen LogP contribution in [0.3, 0.4) is 0 Å². The molecule has 0 aromatic carbocycles. The Morgan fingerprint density at radius 2 is 1.11 bits per heavy atom. The molecule has 0 aromatic rings. The molecule has 0 radical (unpaired) electrons. The van der Waals surface area contributed by atoms with E-state index in [1.165, 1.54) is 0 Å². The second-order valence-corrected chi connectivity index (χ2v) is 9.43. The fourth-order valence-corrected chi connectivity index (χ4v) is 4.55. The molecule has 0 spiro atoms. The van der Waals surface area contributed by atoms with Crippen molar-refractivity contribution in [1.29, 1.82) is 0 Å². The fourth-order valence-electron chi connectivity index (χ4n) is 4.55. The van der Waals surface area contributed by atoms with Crippen molar-refractivity contribution in [3.05, 3.63) is 0 Å². The lowest BCUT2D eigenvalue weighted by atomic mass is 9.73. The van der Waals surface area contributed by atoms with Crippen molar-refractivity contribution < 1.29 is 53.1 Å². The summed E-state index contributed by atoms with van der Waals surface area (Å²) < 4.78 is 0. The third-order valence-corrected chi connectivity index (χ3v) is 6.64. The summed E-state index contributed by atoms with van der Waals surface area (Å²) in [6.45, 7) is 0.364. The highest BCUT2D eigenvalue weighted by Crippen LogP contribution is 2.40. The van der Waals surface area contributed by atoms with Crippen molar-refractivity contribution in [1.82, 2.24) is 15.0 Å². The molecule has 3 heterocycles. The molecule has 3 aliphatic rings. The molecule has 3 saturated heterocycles. The quantitative estimate of drug-likeness (QED) is 0.289. The summed E-state index contributed by atoms with van der Waals surface area (Å²) in [6, 6.07) is 0. The van der Waals surface area contributed by atoms with E-state index >= 15 is 0 Å². The van der Waals surface area contributed by atoms with Crippen LogP contribution in [0.25, 0.3) is 0 Å². The Bertz CT molecular complexity index is 914. The molecular weight excluding hydrogens is 494 g/mol. The first kappa shape index (κ1) is 27.7. The van der Waals surface area contributed by atoms with Crippen molar-refractivity contribution in [3.63, 3.8) is 0 Å². The number of nitrogens with zero attached hydrogens (tertiary/aromatic N) is 3. The Morgan fingerprint density at radius 1 is 0.703 bits per heavy atom. The van der Waals surface area contributed by atoms with E-state index < -0.39 is 47.0 Å². The van der Waals surface area contributed by atoms with E-state index in [1.54, 1.807) is 4.90 Å². The SMILES string of the molecule is O=C(O)CCCCC(=O)N1CCC(CC(=O)ON2C(=O)CCC2=O)(CC(=O)ON2C(=O)CCC2=O)CC1. The van der Waals surface area contributed by atoms with Crippen LogP contribution in [0, 0.1) is 5.41 Å². The Hall–Kier alpha value is -3.84. The Morgan fingerprint density at radius 3 is 1.51 bits per heavy atom.